The van der Waals surface area contributed by atoms with E-state index < -0.39 is 26.9 Å². The predicted octanol–water partition coefficient (Wildman–Crippen LogP) is 5.28. The van der Waals surface area contributed by atoms with Crippen LogP contribution in [0.2, 0.25) is 0 Å². The largest absolute Gasteiger partial charge is 0.348 e. The lowest BCUT2D eigenvalue weighted by Crippen LogP contribution is -2.29. The van der Waals surface area contributed by atoms with Crippen molar-refractivity contribution in [2.45, 2.75) is 24.2 Å². The molecule has 36 heavy (non-hydrogen) atoms. The van der Waals surface area contributed by atoms with Crippen molar-refractivity contribution in [1.29, 1.82) is 5.26 Å². The number of imidazole rings is 1. The van der Waals surface area contributed by atoms with E-state index in [1.807, 2.05) is 0 Å². The summed E-state index contributed by atoms with van der Waals surface area (Å²) < 4.78 is 43.8. The molecular weight excluding hydrogens is 547 g/mol. The second-order valence-corrected chi connectivity index (χ2v) is 11.5. The summed E-state index contributed by atoms with van der Waals surface area (Å²) in [6.07, 6.45) is 1.33. The van der Waals surface area contributed by atoms with Crippen LogP contribution >= 0.6 is 15.9 Å². The first-order chi connectivity index (χ1) is 17.0. The molecule has 10 heteroatoms. The maximum Gasteiger partial charge on any atom is 0.348 e. The number of hydrogen-bond donors (Lipinski definition) is 0. The Morgan fingerprint density at radius 2 is 1.78 bits per heavy atom. The fraction of sp³-hybridized carbons (Fsp3) is 0.115. The second kappa shape index (κ2) is 8.40. The third-order valence-corrected chi connectivity index (χ3v) is 8.23. The number of pyridine rings is 1. The van der Waals surface area contributed by atoms with Crippen LogP contribution in [0.5, 0.6) is 0 Å². The molecule has 0 aliphatic heterocycles. The number of aromatic nitrogens is 3. The number of benzene rings is 3. The van der Waals surface area contributed by atoms with E-state index in [2.05, 4.69) is 27.0 Å². The van der Waals surface area contributed by atoms with Gasteiger partial charge in [-0.3, -0.25) is 9.55 Å². The molecule has 0 fully saturated rings. The van der Waals surface area contributed by atoms with Gasteiger partial charge in [0, 0.05) is 9.86 Å². The molecule has 0 saturated heterocycles. The molecule has 5 aromatic rings. The quantitative estimate of drug-likeness (QED) is 0.296. The van der Waals surface area contributed by atoms with E-state index >= 15 is 0 Å². The Morgan fingerprint density at radius 1 is 1.06 bits per heavy atom. The van der Waals surface area contributed by atoms with E-state index in [9.17, 15) is 22.9 Å². The molecule has 2 aromatic heterocycles. The lowest BCUT2D eigenvalue weighted by atomic mass is 9.86. The summed E-state index contributed by atoms with van der Waals surface area (Å²) in [6, 6.07) is 18.8. The molecule has 0 spiro atoms. The Kier molecular flexibility index (Phi) is 5.58. The first-order valence-electron chi connectivity index (χ1n) is 10.8. The molecule has 0 unspecified atom stereocenters. The smallest absolute Gasteiger partial charge is 0.259 e. The fourth-order valence-corrected chi connectivity index (χ4v) is 5.87. The molecule has 7 nitrogen and oxygen atoms in total. The van der Waals surface area contributed by atoms with E-state index in [1.54, 1.807) is 56.3 Å². The van der Waals surface area contributed by atoms with Gasteiger partial charge in [0.15, 0.2) is 0 Å². The maximum atomic E-state index is 13.9. The predicted molar refractivity (Wildman–Crippen MR) is 138 cm³/mol. The van der Waals surface area contributed by atoms with Crippen LogP contribution in [-0.2, 0) is 15.4 Å². The summed E-state index contributed by atoms with van der Waals surface area (Å²) in [5.74, 6) is -0.740. The van der Waals surface area contributed by atoms with Crippen molar-refractivity contribution in [2.75, 3.05) is 0 Å². The summed E-state index contributed by atoms with van der Waals surface area (Å²) in [4.78, 5) is 17.8. The summed E-state index contributed by atoms with van der Waals surface area (Å²) in [5.41, 5.74) is 0.489. The molecule has 0 saturated carbocycles. The maximum absolute atomic E-state index is 13.9. The van der Waals surface area contributed by atoms with Gasteiger partial charge in [0.1, 0.15) is 11.3 Å². The monoisotopic (exact) mass is 564 g/mol. The first-order valence-corrected chi connectivity index (χ1v) is 13.0. The topological polar surface area (TPSA) is 97.7 Å². The van der Waals surface area contributed by atoms with Gasteiger partial charge in [0.05, 0.1) is 39.3 Å². The minimum Gasteiger partial charge on any atom is -0.259 e. The van der Waals surface area contributed by atoms with Crippen molar-refractivity contribution in [3.63, 3.8) is 0 Å². The number of halogens is 2. The zero-order chi connectivity index (χ0) is 25.8. The Labute approximate surface area is 214 Å². The van der Waals surface area contributed by atoms with Crippen molar-refractivity contribution < 1.29 is 12.8 Å². The van der Waals surface area contributed by atoms with Gasteiger partial charge in [-0.15, -0.1) is 0 Å². The van der Waals surface area contributed by atoms with E-state index in [0.29, 0.717) is 26.1 Å². The molecule has 0 radical (unpaired) electrons. The molecule has 2 heterocycles. The highest BCUT2D eigenvalue weighted by Gasteiger charge is 2.28. The van der Waals surface area contributed by atoms with Gasteiger partial charge in [0.25, 0.3) is 10.0 Å². The minimum atomic E-state index is -4.47. The van der Waals surface area contributed by atoms with Crippen LogP contribution in [0.4, 0.5) is 4.39 Å². The lowest BCUT2D eigenvalue weighted by molar-refractivity contribution is 0.582. The van der Waals surface area contributed by atoms with Crippen LogP contribution in [0.15, 0.2) is 87.1 Å². The number of rotatable bonds is 4. The molecule has 0 aliphatic rings. The Bertz CT molecular complexity index is 1890. The number of nitrogens with zero attached hydrogens (tertiary/aromatic N) is 4. The van der Waals surface area contributed by atoms with Crippen molar-refractivity contribution in [3.05, 3.63) is 99.3 Å². The molecule has 0 N–H and O–H groups in total. The summed E-state index contributed by atoms with van der Waals surface area (Å²) >= 11 is 3.44. The van der Waals surface area contributed by atoms with Crippen LogP contribution in [0.1, 0.15) is 19.4 Å². The minimum absolute atomic E-state index is 0.0521. The van der Waals surface area contributed by atoms with Gasteiger partial charge in [0.2, 0.25) is 0 Å². The molecule has 0 aliphatic carbocycles. The van der Waals surface area contributed by atoms with Crippen LogP contribution in [0.3, 0.4) is 0 Å². The zero-order valence-electron chi connectivity index (χ0n) is 19.1. The average molecular weight is 565 g/mol. The highest BCUT2D eigenvalue weighted by molar-refractivity contribution is 9.10. The van der Waals surface area contributed by atoms with E-state index in [0.717, 1.165) is 22.2 Å². The van der Waals surface area contributed by atoms with Crippen LogP contribution in [0.25, 0.3) is 27.6 Å². The third-order valence-electron chi connectivity index (χ3n) is 6.05. The number of fused-ring (bicyclic) bond motifs is 3. The van der Waals surface area contributed by atoms with Crippen molar-refractivity contribution in [3.8, 4) is 11.8 Å². The van der Waals surface area contributed by atoms with Gasteiger partial charge in [-0.2, -0.15) is 9.23 Å². The van der Waals surface area contributed by atoms with Crippen molar-refractivity contribution in [1.82, 2.24) is 13.5 Å². The first kappa shape index (κ1) is 23.9. The van der Waals surface area contributed by atoms with Gasteiger partial charge < -0.3 is 0 Å². The van der Waals surface area contributed by atoms with Gasteiger partial charge in [-0.1, -0.05) is 34.1 Å². The SMILES string of the molecule is CC(C)(C#N)c1ccc(-n2c(=O)n(S(=O)(=O)c3cccc(F)c3)c3cnc4ccc(Br)cc4c32)cc1. The molecular formula is C26H18BrFN4O3S. The summed E-state index contributed by atoms with van der Waals surface area (Å²) in [7, 11) is -4.47. The Balaban J connectivity index is 1.89. The normalized spacial score (nSPS) is 12.2. The fourth-order valence-electron chi connectivity index (χ4n) is 4.11. The van der Waals surface area contributed by atoms with Gasteiger partial charge >= 0.3 is 5.69 Å². The van der Waals surface area contributed by atoms with Crippen LogP contribution in [0, 0.1) is 17.1 Å². The summed E-state index contributed by atoms with van der Waals surface area (Å²) in [5, 5.41) is 10.0. The van der Waals surface area contributed by atoms with Crippen molar-refractivity contribution >= 4 is 47.9 Å². The molecule has 0 bridgehead atoms. The Hall–Kier alpha value is -3.81. The van der Waals surface area contributed by atoms with E-state index in [1.165, 1.54) is 22.9 Å². The second-order valence-electron chi connectivity index (χ2n) is 8.78. The van der Waals surface area contributed by atoms with Crippen molar-refractivity contribution in [2.24, 2.45) is 0 Å². The van der Waals surface area contributed by atoms with E-state index in [4.69, 9.17) is 0 Å². The van der Waals surface area contributed by atoms with Gasteiger partial charge in [-0.05, 0) is 67.9 Å². The zero-order valence-corrected chi connectivity index (χ0v) is 21.5. The highest BCUT2D eigenvalue weighted by atomic mass is 79.9. The average Bonchev–Trinajstić information content (AvgIpc) is 3.17. The Morgan fingerprint density at radius 3 is 2.44 bits per heavy atom. The lowest BCUT2D eigenvalue weighted by Gasteiger charge is -2.16. The van der Waals surface area contributed by atoms with Gasteiger partial charge in [-0.25, -0.2) is 17.6 Å². The summed E-state index contributed by atoms with van der Waals surface area (Å²) in [6.45, 7) is 3.56. The standard InChI is InChI=1S/C26H18BrFN4O3S/c1-26(2,15-29)16-6-9-19(10-7-16)31-24-21-12-17(27)8-11-22(21)30-14-23(24)32(25(31)33)36(34,35)20-5-3-4-18(28)13-20/h3-14H,1-2H3. The highest BCUT2D eigenvalue weighted by Crippen LogP contribution is 2.31. The van der Waals surface area contributed by atoms with Crippen LogP contribution in [-0.4, -0.2) is 21.9 Å². The molecule has 180 valence electrons. The van der Waals surface area contributed by atoms with E-state index in [-0.39, 0.29) is 10.4 Å². The molecule has 3 aromatic carbocycles. The third kappa shape index (κ3) is 3.72. The molecule has 0 amide bonds. The number of hydrogen-bond acceptors (Lipinski definition) is 5. The number of nitriles is 1. The molecule has 5 rings (SSSR count). The van der Waals surface area contributed by atoms with Crippen LogP contribution < -0.4 is 5.69 Å². The molecule has 0 atom stereocenters.